The summed E-state index contributed by atoms with van der Waals surface area (Å²) >= 11 is 0. The number of nitrogens with zero attached hydrogens (tertiary/aromatic N) is 1. The van der Waals surface area contributed by atoms with E-state index in [9.17, 15) is 0 Å². The van der Waals surface area contributed by atoms with Gasteiger partial charge in [-0.15, -0.1) is 0 Å². The van der Waals surface area contributed by atoms with Gasteiger partial charge in [-0.1, -0.05) is 13.8 Å². The van der Waals surface area contributed by atoms with Crippen LogP contribution in [0.4, 0.5) is 0 Å². The van der Waals surface area contributed by atoms with Crippen LogP contribution in [0.5, 0.6) is 0 Å². The second kappa shape index (κ2) is 4.42. The van der Waals surface area contributed by atoms with Crippen molar-refractivity contribution < 1.29 is 0 Å². The first kappa shape index (κ1) is 10.3. The van der Waals surface area contributed by atoms with Crippen LogP contribution in [0.1, 0.15) is 31.1 Å². The molecule has 1 aromatic rings. The van der Waals surface area contributed by atoms with Gasteiger partial charge in [-0.25, -0.2) is 4.98 Å². The van der Waals surface area contributed by atoms with E-state index < -0.39 is 0 Å². The number of hydrogen-bond acceptors (Lipinski definition) is 2. The molecule has 2 N–H and O–H groups in total. The second-order valence-electron chi connectivity index (χ2n) is 3.88. The first-order valence-electron chi connectivity index (χ1n) is 4.82. The van der Waals surface area contributed by atoms with Crippen LogP contribution in [0.2, 0.25) is 0 Å². The lowest BCUT2D eigenvalue weighted by atomic mass is 10.1. The fourth-order valence-electron chi connectivity index (χ4n) is 1.47. The van der Waals surface area contributed by atoms with Crippen molar-refractivity contribution in [1.29, 1.82) is 0 Å². The van der Waals surface area contributed by atoms with Crippen molar-refractivity contribution in [3.05, 3.63) is 17.2 Å². The highest BCUT2D eigenvalue weighted by atomic mass is 15.0. The average molecular weight is 181 g/mol. The monoisotopic (exact) mass is 181 g/mol. The van der Waals surface area contributed by atoms with Gasteiger partial charge in [-0.3, -0.25) is 0 Å². The minimum atomic E-state index is 0.665. The summed E-state index contributed by atoms with van der Waals surface area (Å²) in [5.74, 6) is 1.68. The summed E-state index contributed by atoms with van der Waals surface area (Å²) in [6.07, 6.45) is 1.06. The van der Waals surface area contributed by atoms with E-state index in [-0.39, 0.29) is 0 Å². The van der Waals surface area contributed by atoms with Crippen molar-refractivity contribution in [3.63, 3.8) is 0 Å². The predicted octanol–water partition coefficient (Wildman–Crippen LogP) is 1.64. The maximum atomic E-state index is 4.47. The van der Waals surface area contributed by atoms with Crippen LogP contribution < -0.4 is 5.32 Å². The molecule has 1 heterocycles. The Kier molecular flexibility index (Phi) is 3.48. The van der Waals surface area contributed by atoms with Gasteiger partial charge in [0.2, 0.25) is 0 Å². The third kappa shape index (κ3) is 2.84. The average Bonchev–Trinajstić information content (AvgIpc) is 2.31. The Morgan fingerprint density at radius 2 is 2.15 bits per heavy atom. The zero-order chi connectivity index (χ0) is 9.84. The zero-order valence-corrected chi connectivity index (χ0v) is 8.94. The molecule has 0 radical (unpaired) electrons. The number of hydrogen-bond donors (Lipinski definition) is 2. The summed E-state index contributed by atoms with van der Waals surface area (Å²) in [4.78, 5) is 7.75. The molecule has 0 unspecified atom stereocenters. The number of nitrogens with one attached hydrogen (secondary N) is 2. The van der Waals surface area contributed by atoms with Crippen LogP contribution in [-0.2, 0) is 13.0 Å². The molecule has 0 fully saturated rings. The molecule has 3 heteroatoms. The summed E-state index contributed by atoms with van der Waals surface area (Å²) in [6.45, 7) is 7.31. The molecule has 1 rings (SSSR count). The lowest BCUT2D eigenvalue weighted by molar-refractivity contribution is 0.628. The zero-order valence-electron chi connectivity index (χ0n) is 8.94. The van der Waals surface area contributed by atoms with E-state index in [2.05, 4.69) is 29.1 Å². The molecule has 0 atom stereocenters. The van der Waals surface area contributed by atoms with E-state index in [1.54, 1.807) is 0 Å². The highest BCUT2D eigenvalue weighted by Gasteiger charge is 2.08. The molecule has 0 bridgehead atoms. The van der Waals surface area contributed by atoms with Crippen molar-refractivity contribution in [1.82, 2.24) is 15.3 Å². The normalized spacial score (nSPS) is 11.2. The predicted molar refractivity (Wildman–Crippen MR) is 54.6 cm³/mol. The largest absolute Gasteiger partial charge is 0.345 e. The van der Waals surface area contributed by atoms with Crippen LogP contribution in [0.25, 0.3) is 0 Å². The molecule has 74 valence electrons. The maximum Gasteiger partial charge on any atom is 0.103 e. The lowest BCUT2D eigenvalue weighted by Crippen LogP contribution is -2.09. The van der Waals surface area contributed by atoms with Gasteiger partial charge in [-0.05, 0) is 26.3 Å². The highest BCUT2D eigenvalue weighted by molar-refractivity contribution is 5.14. The molecule has 13 heavy (non-hydrogen) atoms. The van der Waals surface area contributed by atoms with Crippen LogP contribution >= 0.6 is 0 Å². The van der Waals surface area contributed by atoms with Crippen LogP contribution in [0.15, 0.2) is 0 Å². The highest BCUT2D eigenvalue weighted by Crippen LogP contribution is 2.11. The Morgan fingerprint density at radius 3 is 2.69 bits per heavy atom. The van der Waals surface area contributed by atoms with Crippen LogP contribution in [-0.4, -0.2) is 17.0 Å². The number of aromatic amines is 1. The van der Waals surface area contributed by atoms with Gasteiger partial charge in [0.25, 0.3) is 0 Å². The molecular weight excluding hydrogens is 162 g/mol. The third-order valence-electron chi connectivity index (χ3n) is 1.94. The first-order valence-corrected chi connectivity index (χ1v) is 4.82. The topological polar surface area (TPSA) is 40.7 Å². The summed E-state index contributed by atoms with van der Waals surface area (Å²) in [5, 5.41) is 3.14. The minimum Gasteiger partial charge on any atom is -0.345 e. The van der Waals surface area contributed by atoms with E-state index in [0.717, 1.165) is 18.8 Å². The third-order valence-corrected chi connectivity index (χ3v) is 1.94. The Morgan fingerprint density at radius 1 is 1.46 bits per heavy atom. The Labute approximate surface area is 80.0 Å². The quantitative estimate of drug-likeness (QED) is 0.741. The summed E-state index contributed by atoms with van der Waals surface area (Å²) in [5.41, 5.74) is 2.44. The van der Waals surface area contributed by atoms with Crippen molar-refractivity contribution in [2.75, 3.05) is 7.05 Å². The van der Waals surface area contributed by atoms with Crippen molar-refractivity contribution in [2.24, 2.45) is 5.92 Å². The SMILES string of the molecule is CNCc1[nH]c(C)nc1CC(C)C. The lowest BCUT2D eigenvalue weighted by Gasteiger charge is -2.04. The van der Waals surface area contributed by atoms with Gasteiger partial charge in [0, 0.05) is 6.54 Å². The van der Waals surface area contributed by atoms with Gasteiger partial charge in [0.15, 0.2) is 0 Å². The van der Waals surface area contributed by atoms with Crippen molar-refractivity contribution in [2.45, 2.75) is 33.7 Å². The molecule has 0 aliphatic rings. The van der Waals surface area contributed by atoms with Gasteiger partial charge in [0.1, 0.15) is 5.82 Å². The number of rotatable bonds is 4. The molecule has 1 aromatic heterocycles. The standard InChI is InChI=1S/C10H19N3/c1-7(2)5-9-10(6-11-4)13-8(3)12-9/h7,11H,5-6H2,1-4H3,(H,12,13). The Hall–Kier alpha value is -0.830. The van der Waals surface area contributed by atoms with E-state index in [1.807, 2.05) is 14.0 Å². The van der Waals surface area contributed by atoms with Gasteiger partial charge < -0.3 is 10.3 Å². The Bertz CT molecular complexity index is 263. The Balaban J connectivity index is 2.77. The summed E-state index contributed by atoms with van der Waals surface area (Å²) < 4.78 is 0. The maximum absolute atomic E-state index is 4.47. The van der Waals surface area contributed by atoms with E-state index in [1.165, 1.54) is 11.4 Å². The number of imidazole rings is 1. The molecule has 0 aromatic carbocycles. The van der Waals surface area contributed by atoms with Crippen LogP contribution in [0.3, 0.4) is 0 Å². The fraction of sp³-hybridized carbons (Fsp3) is 0.700. The molecule has 0 saturated heterocycles. The molecule has 0 aliphatic heterocycles. The molecule has 0 aliphatic carbocycles. The first-order chi connectivity index (χ1) is 6.13. The van der Waals surface area contributed by atoms with Crippen molar-refractivity contribution in [3.8, 4) is 0 Å². The van der Waals surface area contributed by atoms with Gasteiger partial charge in [-0.2, -0.15) is 0 Å². The van der Waals surface area contributed by atoms with Crippen LogP contribution in [0, 0.1) is 12.8 Å². The number of aryl methyl sites for hydroxylation is 1. The van der Waals surface area contributed by atoms with E-state index >= 15 is 0 Å². The number of aromatic nitrogens is 2. The van der Waals surface area contributed by atoms with Crippen molar-refractivity contribution >= 4 is 0 Å². The van der Waals surface area contributed by atoms with Gasteiger partial charge in [0.05, 0.1) is 11.4 Å². The minimum absolute atomic E-state index is 0.665. The summed E-state index contributed by atoms with van der Waals surface area (Å²) in [7, 11) is 1.95. The number of H-pyrrole nitrogens is 1. The fourth-order valence-corrected chi connectivity index (χ4v) is 1.47. The molecular formula is C10H19N3. The van der Waals surface area contributed by atoms with Gasteiger partial charge >= 0.3 is 0 Å². The molecule has 0 saturated carbocycles. The van der Waals surface area contributed by atoms with E-state index in [4.69, 9.17) is 0 Å². The molecule has 0 amide bonds. The molecule has 0 spiro atoms. The summed E-state index contributed by atoms with van der Waals surface area (Å²) in [6, 6.07) is 0. The smallest absolute Gasteiger partial charge is 0.103 e. The van der Waals surface area contributed by atoms with E-state index in [0.29, 0.717) is 5.92 Å². The second-order valence-corrected chi connectivity index (χ2v) is 3.88. The molecule has 3 nitrogen and oxygen atoms in total.